The molecule has 0 radical (unpaired) electrons. The lowest BCUT2D eigenvalue weighted by Gasteiger charge is -2.19. The Balaban J connectivity index is 1.70. The fourth-order valence-electron chi connectivity index (χ4n) is 2.78. The van der Waals surface area contributed by atoms with Crippen LogP contribution < -0.4 is 4.74 Å². The number of likely N-dealkylation sites (N-methyl/N-ethyl adjacent to an activating group) is 1. The fourth-order valence-corrected chi connectivity index (χ4v) is 2.78. The van der Waals surface area contributed by atoms with E-state index < -0.39 is 6.36 Å². The molecule has 2 aromatic carbocycles. The van der Waals surface area contributed by atoms with Crippen LogP contribution in [-0.4, -0.2) is 29.2 Å². The van der Waals surface area contributed by atoms with E-state index in [2.05, 4.69) is 9.72 Å². The van der Waals surface area contributed by atoms with E-state index in [4.69, 9.17) is 4.42 Å². The van der Waals surface area contributed by atoms with E-state index in [1.54, 1.807) is 13.0 Å². The van der Waals surface area contributed by atoms with E-state index in [0.717, 1.165) is 5.56 Å². The van der Waals surface area contributed by atoms with Crippen LogP contribution in [0.25, 0.3) is 11.5 Å². The van der Waals surface area contributed by atoms with Crippen molar-refractivity contribution < 1.29 is 27.1 Å². The van der Waals surface area contributed by atoms with Crippen molar-refractivity contribution in [3.63, 3.8) is 0 Å². The van der Waals surface area contributed by atoms with Crippen molar-refractivity contribution in [2.75, 3.05) is 7.05 Å². The lowest BCUT2D eigenvalue weighted by atomic mass is 10.1. The Kier molecular flexibility index (Phi) is 5.91. The second-order valence-electron chi connectivity index (χ2n) is 6.47. The number of aromatic nitrogens is 1. The van der Waals surface area contributed by atoms with E-state index in [1.807, 2.05) is 30.3 Å². The highest BCUT2D eigenvalue weighted by Gasteiger charge is 2.32. The number of rotatable bonds is 6. The third kappa shape index (κ3) is 5.37. The van der Waals surface area contributed by atoms with Gasteiger partial charge in [-0.2, -0.15) is 0 Å². The lowest BCUT2D eigenvalue weighted by molar-refractivity contribution is -0.275. The third-order valence-corrected chi connectivity index (χ3v) is 4.26. The van der Waals surface area contributed by atoms with Crippen molar-refractivity contribution in [2.24, 2.45) is 0 Å². The van der Waals surface area contributed by atoms with Crippen molar-refractivity contribution in [1.82, 2.24) is 9.88 Å². The summed E-state index contributed by atoms with van der Waals surface area (Å²) < 4.78 is 47.4. The number of benzene rings is 2. The first-order chi connectivity index (χ1) is 13.7. The summed E-state index contributed by atoms with van der Waals surface area (Å²) >= 11 is 0. The van der Waals surface area contributed by atoms with Gasteiger partial charge in [-0.1, -0.05) is 36.4 Å². The standard InChI is InChI=1S/C21H19F3N2O3/c1-14-17(25-20(28-14)15-8-4-3-5-9-15)12-19(27)26(2)13-16-10-6-7-11-18(16)29-21(22,23)24/h3-11H,12-13H2,1-2H3. The zero-order chi connectivity index (χ0) is 21.0. The number of hydrogen-bond donors (Lipinski definition) is 0. The summed E-state index contributed by atoms with van der Waals surface area (Å²) in [5, 5.41) is 0. The molecule has 8 heteroatoms. The number of carbonyl (C=O) groups is 1. The summed E-state index contributed by atoms with van der Waals surface area (Å²) in [5.74, 6) is 0.301. The summed E-state index contributed by atoms with van der Waals surface area (Å²) in [6.07, 6.45) is -4.83. The molecule has 1 heterocycles. The number of oxazole rings is 1. The SMILES string of the molecule is Cc1oc(-c2ccccc2)nc1CC(=O)N(C)Cc1ccccc1OC(F)(F)F. The highest BCUT2D eigenvalue weighted by atomic mass is 19.4. The summed E-state index contributed by atoms with van der Waals surface area (Å²) in [4.78, 5) is 18.3. The van der Waals surface area contributed by atoms with Crippen LogP contribution in [0.4, 0.5) is 13.2 Å². The molecule has 0 fully saturated rings. The predicted molar refractivity (Wildman–Crippen MR) is 100.0 cm³/mol. The number of halogens is 3. The number of alkyl halides is 3. The topological polar surface area (TPSA) is 55.6 Å². The first-order valence-corrected chi connectivity index (χ1v) is 8.82. The second-order valence-corrected chi connectivity index (χ2v) is 6.47. The minimum absolute atomic E-state index is 0.0268. The summed E-state index contributed by atoms with van der Waals surface area (Å²) in [6, 6.07) is 15.0. The van der Waals surface area contributed by atoms with Gasteiger partial charge in [-0.15, -0.1) is 13.2 Å². The smallest absolute Gasteiger partial charge is 0.441 e. The molecule has 0 atom stereocenters. The molecule has 0 saturated carbocycles. The number of carbonyl (C=O) groups excluding carboxylic acids is 1. The van der Waals surface area contributed by atoms with Gasteiger partial charge in [0.25, 0.3) is 0 Å². The molecule has 1 amide bonds. The normalized spacial score (nSPS) is 11.3. The molecular formula is C21H19F3N2O3. The van der Waals surface area contributed by atoms with Crippen LogP contribution >= 0.6 is 0 Å². The zero-order valence-corrected chi connectivity index (χ0v) is 15.9. The van der Waals surface area contributed by atoms with Gasteiger partial charge >= 0.3 is 6.36 Å². The Morgan fingerprint density at radius 2 is 1.76 bits per heavy atom. The fraction of sp³-hybridized carbons (Fsp3) is 0.238. The molecule has 0 unspecified atom stereocenters. The second kappa shape index (κ2) is 8.38. The minimum atomic E-state index is -4.80. The minimum Gasteiger partial charge on any atom is -0.441 e. The number of amides is 1. The van der Waals surface area contributed by atoms with Gasteiger partial charge in [0.2, 0.25) is 11.8 Å². The van der Waals surface area contributed by atoms with E-state index in [9.17, 15) is 18.0 Å². The third-order valence-electron chi connectivity index (χ3n) is 4.26. The van der Waals surface area contributed by atoms with E-state index in [1.165, 1.54) is 30.1 Å². The molecule has 29 heavy (non-hydrogen) atoms. The van der Waals surface area contributed by atoms with Crippen molar-refractivity contribution in [3.8, 4) is 17.2 Å². The molecule has 0 N–H and O–H groups in total. The molecule has 1 aromatic heterocycles. The number of ether oxygens (including phenoxy) is 1. The molecule has 152 valence electrons. The molecule has 0 aliphatic carbocycles. The molecular weight excluding hydrogens is 385 g/mol. The Morgan fingerprint density at radius 3 is 2.45 bits per heavy atom. The van der Waals surface area contributed by atoms with Gasteiger partial charge in [0.15, 0.2) is 0 Å². The Morgan fingerprint density at radius 1 is 1.10 bits per heavy atom. The molecule has 0 aliphatic heterocycles. The van der Waals surface area contributed by atoms with Gasteiger partial charge in [-0.25, -0.2) is 4.98 Å². The zero-order valence-electron chi connectivity index (χ0n) is 15.9. The van der Waals surface area contributed by atoms with Gasteiger partial charge in [0.05, 0.1) is 12.1 Å². The average molecular weight is 404 g/mol. The number of hydrogen-bond acceptors (Lipinski definition) is 4. The highest BCUT2D eigenvalue weighted by molar-refractivity contribution is 5.78. The van der Waals surface area contributed by atoms with Gasteiger partial charge in [-0.3, -0.25) is 4.79 Å². The van der Waals surface area contributed by atoms with Crippen molar-refractivity contribution in [3.05, 3.63) is 71.6 Å². The number of nitrogens with zero attached hydrogens (tertiary/aromatic N) is 2. The highest BCUT2D eigenvalue weighted by Crippen LogP contribution is 2.27. The van der Waals surface area contributed by atoms with Crippen LogP contribution in [0.15, 0.2) is 59.0 Å². The van der Waals surface area contributed by atoms with Crippen molar-refractivity contribution in [2.45, 2.75) is 26.3 Å². The molecule has 3 rings (SSSR count). The van der Waals surface area contributed by atoms with Crippen molar-refractivity contribution >= 4 is 5.91 Å². The Bertz CT molecular complexity index is 984. The summed E-state index contributed by atoms with van der Waals surface area (Å²) in [7, 11) is 1.51. The maximum atomic E-state index is 12.6. The molecule has 0 bridgehead atoms. The van der Waals surface area contributed by atoms with E-state index in [-0.39, 0.29) is 30.2 Å². The summed E-state index contributed by atoms with van der Waals surface area (Å²) in [5.41, 5.74) is 1.53. The first kappa shape index (κ1) is 20.4. The van der Waals surface area contributed by atoms with Gasteiger partial charge < -0.3 is 14.1 Å². The van der Waals surface area contributed by atoms with Gasteiger partial charge in [0, 0.05) is 24.7 Å². The van der Waals surface area contributed by atoms with Crippen LogP contribution in [0.3, 0.4) is 0 Å². The molecule has 3 aromatic rings. The average Bonchev–Trinajstić information content (AvgIpc) is 3.03. The van der Waals surface area contributed by atoms with E-state index >= 15 is 0 Å². The van der Waals surface area contributed by atoms with E-state index in [0.29, 0.717) is 17.3 Å². The van der Waals surface area contributed by atoms with Gasteiger partial charge in [0.1, 0.15) is 11.5 Å². The molecule has 0 aliphatic rings. The van der Waals surface area contributed by atoms with Crippen LogP contribution in [0.1, 0.15) is 17.0 Å². The Hall–Kier alpha value is -3.29. The molecule has 5 nitrogen and oxygen atoms in total. The number of aryl methyl sites for hydroxylation is 1. The lowest BCUT2D eigenvalue weighted by Crippen LogP contribution is -2.28. The Labute approximate surface area is 165 Å². The predicted octanol–water partition coefficient (Wildman–Crippen LogP) is 4.75. The van der Waals surface area contributed by atoms with Crippen LogP contribution in [0.5, 0.6) is 5.75 Å². The maximum absolute atomic E-state index is 12.6. The van der Waals surface area contributed by atoms with Crippen LogP contribution in [0, 0.1) is 6.92 Å². The van der Waals surface area contributed by atoms with Crippen LogP contribution in [-0.2, 0) is 17.8 Å². The maximum Gasteiger partial charge on any atom is 0.573 e. The molecule has 0 saturated heterocycles. The first-order valence-electron chi connectivity index (χ1n) is 8.82. The number of para-hydroxylation sites is 1. The van der Waals surface area contributed by atoms with Crippen molar-refractivity contribution in [1.29, 1.82) is 0 Å². The van der Waals surface area contributed by atoms with Gasteiger partial charge in [-0.05, 0) is 25.1 Å². The summed E-state index contributed by atoms with van der Waals surface area (Å²) in [6.45, 7) is 1.68. The monoisotopic (exact) mass is 404 g/mol. The largest absolute Gasteiger partial charge is 0.573 e. The van der Waals surface area contributed by atoms with Crippen LogP contribution in [0.2, 0.25) is 0 Å². The quantitative estimate of drug-likeness (QED) is 0.595. The molecule has 0 spiro atoms.